The zero-order valence-electron chi connectivity index (χ0n) is 9.68. The van der Waals surface area contributed by atoms with E-state index in [0.29, 0.717) is 12.4 Å². The first-order valence-electron chi connectivity index (χ1n) is 5.57. The highest BCUT2D eigenvalue weighted by atomic mass is 16.5. The van der Waals surface area contributed by atoms with Crippen LogP contribution in [0.1, 0.15) is 12.5 Å². The van der Waals surface area contributed by atoms with Gasteiger partial charge in [0.15, 0.2) is 0 Å². The average Bonchev–Trinajstić information content (AvgIpc) is 2.38. The van der Waals surface area contributed by atoms with E-state index in [2.05, 4.69) is 12.1 Å². The van der Waals surface area contributed by atoms with Gasteiger partial charge in [-0.15, -0.1) is 0 Å². The van der Waals surface area contributed by atoms with E-state index < -0.39 is 0 Å². The minimum Gasteiger partial charge on any atom is -0.492 e. The molecule has 0 aliphatic carbocycles. The Bertz CT molecular complexity index is 588. The average molecular weight is 223 g/mol. The van der Waals surface area contributed by atoms with Crippen LogP contribution in [0, 0.1) is 11.3 Å². The molecule has 0 aromatic heterocycles. The highest BCUT2D eigenvalue weighted by Gasteiger charge is 2.06. The summed E-state index contributed by atoms with van der Waals surface area (Å²) < 4.78 is 5.52. The first kappa shape index (κ1) is 11.2. The van der Waals surface area contributed by atoms with Gasteiger partial charge in [0.25, 0.3) is 0 Å². The van der Waals surface area contributed by atoms with Crippen LogP contribution in [0.4, 0.5) is 0 Å². The fraction of sp³-hybridized carbons (Fsp3) is 0.133. The molecule has 84 valence electrons. The molecule has 2 aromatic carbocycles. The highest BCUT2D eigenvalue weighted by molar-refractivity contribution is 5.92. The predicted octanol–water partition coefficient (Wildman–Crippen LogP) is 3.74. The van der Waals surface area contributed by atoms with E-state index in [1.807, 2.05) is 43.3 Å². The molecule has 0 fully saturated rings. The Labute approximate surface area is 101 Å². The molecule has 0 N–H and O–H groups in total. The molecular weight excluding hydrogens is 210 g/mol. The second-order valence-corrected chi connectivity index (χ2v) is 3.60. The third-order valence-corrected chi connectivity index (χ3v) is 2.55. The van der Waals surface area contributed by atoms with Gasteiger partial charge in [0, 0.05) is 5.56 Å². The summed E-state index contributed by atoms with van der Waals surface area (Å²) in [5.74, 6) is 0.631. The van der Waals surface area contributed by atoms with Crippen LogP contribution in [-0.4, -0.2) is 6.61 Å². The van der Waals surface area contributed by atoms with Crippen LogP contribution in [-0.2, 0) is 4.74 Å². The summed E-state index contributed by atoms with van der Waals surface area (Å²) >= 11 is 0. The molecule has 17 heavy (non-hydrogen) atoms. The Kier molecular flexibility index (Phi) is 3.42. The van der Waals surface area contributed by atoms with Crippen molar-refractivity contribution in [2.75, 3.05) is 6.61 Å². The molecule has 0 aliphatic rings. The zero-order chi connectivity index (χ0) is 12.1. The monoisotopic (exact) mass is 223 g/mol. The lowest BCUT2D eigenvalue weighted by Gasteiger charge is -2.10. The number of hydrogen-bond donors (Lipinski definition) is 0. The van der Waals surface area contributed by atoms with Gasteiger partial charge in [-0.2, -0.15) is 5.26 Å². The lowest BCUT2D eigenvalue weighted by atomic mass is 10.0. The van der Waals surface area contributed by atoms with Crippen LogP contribution in [0.3, 0.4) is 0 Å². The fourth-order valence-corrected chi connectivity index (χ4v) is 1.85. The molecule has 0 radical (unpaired) electrons. The molecule has 0 unspecified atom stereocenters. The van der Waals surface area contributed by atoms with E-state index in [9.17, 15) is 0 Å². The van der Waals surface area contributed by atoms with Gasteiger partial charge < -0.3 is 4.74 Å². The highest BCUT2D eigenvalue weighted by Crippen LogP contribution is 2.25. The van der Waals surface area contributed by atoms with E-state index in [1.165, 1.54) is 6.08 Å². The van der Waals surface area contributed by atoms with Crippen molar-refractivity contribution in [3.63, 3.8) is 0 Å². The Morgan fingerprint density at radius 2 is 2.00 bits per heavy atom. The maximum atomic E-state index is 8.79. The van der Waals surface area contributed by atoms with Gasteiger partial charge in [0.1, 0.15) is 5.76 Å². The molecule has 0 atom stereocenters. The summed E-state index contributed by atoms with van der Waals surface area (Å²) in [7, 11) is 0. The molecule has 0 heterocycles. The molecule has 2 heteroatoms. The Balaban J connectivity index is 2.62. The van der Waals surface area contributed by atoms with Gasteiger partial charge in [0.05, 0.1) is 18.8 Å². The van der Waals surface area contributed by atoms with Crippen LogP contribution >= 0.6 is 0 Å². The molecule has 2 nitrogen and oxygen atoms in total. The summed E-state index contributed by atoms with van der Waals surface area (Å²) in [5.41, 5.74) is 0.964. The molecule has 0 aliphatic heterocycles. The quantitative estimate of drug-likeness (QED) is 0.586. The Hall–Kier alpha value is -2.27. The maximum Gasteiger partial charge on any atom is 0.137 e. The molecule has 2 aromatic rings. The van der Waals surface area contributed by atoms with Gasteiger partial charge in [-0.05, 0) is 17.7 Å². The van der Waals surface area contributed by atoms with E-state index in [1.54, 1.807) is 0 Å². The first-order valence-corrected chi connectivity index (χ1v) is 5.57. The van der Waals surface area contributed by atoms with Crippen molar-refractivity contribution in [1.29, 1.82) is 5.26 Å². The summed E-state index contributed by atoms with van der Waals surface area (Å²) in [5, 5.41) is 11.0. The van der Waals surface area contributed by atoms with Gasteiger partial charge in [-0.3, -0.25) is 0 Å². The molecule has 0 saturated carbocycles. The zero-order valence-corrected chi connectivity index (χ0v) is 9.68. The number of rotatable bonds is 3. The van der Waals surface area contributed by atoms with Crippen molar-refractivity contribution in [1.82, 2.24) is 0 Å². The minimum atomic E-state index is 0.552. The SMILES string of the molecule is CCO/C(=C\C#N)c1cccc2ccccc12. The maximum absolute atomic E-state index is 8.79. The summed E-state index contributed by atoms with van der Waals surface area (Å²) in [6.45, 7) is 2.47. The number of ether oxygens (including phenoxy) is 1. The lowest BCUT2D eigenvalue weighted by Crippen LogP contribution is -1.92. The minimum absolute atomic E-state index is 0.552. The molecule has 0 saturated heterocycles. The third-order valence-electron chi connectivity index (χ3n) is 2.55. The van der Waals surface area contributed by atoms with Crippen LogP contribution in [0.15, 0.2) is 48.5 Å². The van der Waals surface area contributed by atoms with Gasteiger partial charge >= 0.3 is 0 Å². The van der Waals surface area contributed by atoms with E-state index in [4.69, 9.17) is 10.00 Å². The second-order valence-electron chi connectivity index (χ2n) is 3.60. The predicted molar refractivity (Wildman–Crippen MR) is 69.2 cm³/mol. The van der Waals surface area contributed by atoms with Crippen LogP contribution < -0.4 is 0 Å². The lowest BCUT2D eigenvalue weighted by molar-refractivity contribution is 0.298. The molecule has 0 spiro atoms. The van der Waals surface area contributed by atoms with Gasteiger partial charge in [0.2, 0.25) is 0 Å². The molecule has 0 bridgehead atoms. The van der Waals surface area contributed by atoms with Gasteiger partial charge in [-0.25, -0.2) is 0 Å². The topological polar surface area (TPSA) is 33.0 Å². The third kappa shape index (κ3) is 2.29. The molecule has 0 amide bonds. The number of nitriles is 1. The van der Waals surface area contributed by atoms with Crippen LogP contribution in [0.5, 0.6) is 0 Å². The van der Waals surface area contributed by atoms with E-state index >= 15 is 0 Å². The van der Waals surface area contributed by atoms with Crippen LogP contribution in [0.25, 0.3) is 16.5 Å². The van der Waals surface area contributed by atoms with Crippen LogP contribution in [0.2, 0.25) is 0 Å². The normalized spacial score (nSPS) is 11.2. The standard InChI is InChI=1S/C15H13NO/c1-2-17-15(10-11-16)14-9-5-7-12-6-3-4-8-13(12)14/h3-10H,2H2,1H3/b15-10-. The molecular formula is C15H13NO. The summed E-state index contributed by atoms with van der Waals surface area (Å²) in [6, 6.07) is 16.1. The van der Waals surface area contributed by atoms with Crippen molar-refractivity contribution < 1.29 is 4.74 Å². The largest absolute Gasteiger partial charge is 0.492 e. The number of nitrogens with zero attached hydrogens (tertiary/aromatic N) is 1. The van der Waals surface area contributed by atoms with Crippen molar-refractivity contribution in [3.8, 4) is 6.07 Å². The second kappa shape index (κ2) is 5.18. The summed E-state index contributed by atoms with van der Waals surface area (Å²) in [6.07, 6.45) is 1.45. The fourth-order valence-electron chi connectivity index (χ4n) is 1.85. The number of benzene rings is 2. The van der Waals surface area contributed by atoms with Crippen molar-refractivity contribution in [3.05, 3.63) is 54.1 Å². The number of fused-ring (bicyclic) bond motifs is 1. The van der Waals surface area contributed by atoms with Crippen molar-refractivity contribution in [2.24, 2.45) is 0 Å². The van der Waals surface area contributed by atoms with Crippen molar-refractivity contribution >= 4 is 16.5 Å². The molecule has 2 rings (SSSR count). The van der Waals surface area contributed by atoms with Crippen molar-refractivity contribution in [2.45, 2.75) is 6.92 Å². The Morgan fingerprint density at radius 3 is 2.76 bits per heavy atom. The van der Waals surface area contributed by atoms with Gasteiger partial charge in [-0.1, -0.05) is 42.5 Å². The van der Waals surface area contributed by atoms with E-state index in [-0.39, 0.29) is 0 Å². The smallest absolute Gasteiger partial charge is 0.137 e. The summed E-state index contributed by atoms with van der Waals surface area (Å²) in [4.78, 5) is 0. The number of hydrogen-bond acceptors (Lipinski definition) is 2. The Morgan fingerprint density at radius 1 is 1.24 bits per heavy atom. The van der Waals surface area contributed by atoms with E-state index in [0.717, 1.165) is 16.3 Å². The first-order chi connectivity index (χ1) is 8.36. The number of allylic oxidation sites excluding steroid dienone is 1.